The van der Waals surface area contributed by atoms with Gasteiger partial charge in [-0.15, -0.1) is 0 Å². The number of esters is 1. The lowest BCUT2D eigenvalue weighted by atomic mass is 9.97. The summed E-state index contributed by atoms with van der Waals surface area (Å²) in [6, 6.07) is 10.1. The van der Waals surface area contributed by atoms with E-state index in [2.05, 4.69) is 5.32 Å². The summed E-state index contributed by atoms with van der Waals surface area (Å²) in [6.45, 7) is 3.92. The van der Waals surface area contributed by atoms with E-state index in [4.69, 9.17) is 14.2 Å². The SMILES string of the molecule is CCOC(=O)c1cn2c3c(c(C4(NC(=O)OCc5ccccc5)CC4)c(F)cc3c1=O)OCC2C. The molecule has 8 nitrogen and oxygen atoms in total. The number of hydrogen-bond donors (Lipinski definition) is 1. The molecule has 0 saturated heterocycles. The van der Waals surface area contributed by atoms with Crippen molar-refractivity contribution in [2.45, 2.75) is 44.9 Å². The van der Waals surface area contributed by atoms with Crippen LogP contribution in [0, 0.1) is 5.82 Å². The molecule has 1 fully saturated rings. The Balaban J connectivity index is 1.54. The summed E-state index contributed by atoms with van der Waals surface area (Å²) >= 11 is 0. The summed E-state index contributed by atoms with van der Waals surface area (Å²) < 4.78 is 33.6. The van der Waals surface area contributed by atoms with Crippen molar-refractivity contribution in [3.8, 4) is 5.75 Å². The minimum absolute atomic E-state index is 0.0285. The number of ether oxygens (including phenoxy) is 3. The summed E-state index contributed by atoms with van der Waals surface area (Å²) in [5.41, 5.74) is -0.371. The number of nitrogens with one attached hydrogen (secondary N) is 1. The molecule has 0 radical (unpaired) electrons. The number of aromatic nitrogens is 1. The van der Waals surface area contributed by atoms with Gasteiger partial charge in [-0.1, -0.05) is 30.3 Å². The summed E-state index contributed by atoms with van der Waals surface area (Å²) in [7, 11) is 0. The quantitative estimate of drug-likeness (QED) is 0.532. The Bertz CT molecular complexity index is 1380. The molecule has 1 N–H and O–H groups in total. The van der Waals surface area contributed by atoms with Crippen LogP contribution in [0.25, 0.3) is 10.9 Å². The fraction of sp³-hybridized carbons (Fsp3) is 0.346. The fourth-order valence-corrected chi connectivity index (χ4v) is 4.54. The Morgan fingerprint density at radius 3 is 2.66 bits per heavy atom. The zero-order chi connectivity index (χ0) is 24.7. The minimum Gasteiger partial charge on any atom is -0.489 e. The first kappa shape index (κ1) is 22.9. The number of rotatable bonds is 6. The highest BCUT2D eigenvalue weighted by Crippen LogP contribution is 2.52. The van der Waals surface area contributed by atoms with Crippen LogP contribution in [0.1, 0.15) is 54.2 Å². The van der Waals surface area contributed by atoms with Crippen LogP contribution >= 0.6 is 0 Å². The van der Waals surface area contributed by atoms with E-state index in [0.29, 0.717) is 18.4 Å². The first-order chi connectivity index (χ1) is 16.8. The number of pyridine rings is 1. The van der Waals surface area contributed by atoms with Crippen LogP contribution in [0.5, 0.6) is 5.75 Å². The van der Waals surface area contributed by atoms with Crippen LogP contribution in [0.2, 0.25) is 0 Å². The van der Waals surface area contributed by atoms with Crippen LogP contribution in [0.15, 0.2) is 47.4 Å². The largest absolute Gasteiger partial charge is 0.489 e. The molecule has 1 aromatic heterocycles. The number of carbonyl (C=O) groups excluding carboxylic acids is 2. The van der Waals surface area contributed by atoms with E-state index in [1.807, 2.05) is 37.3 Å². The van der Waals surface area contributed by atoms with Gasteiger partial charge in [0.1, 0.15) is 24.6 Å². The van der Waals surface area contributed by atoms with Gasteiger partial charge in [0.25, 0.3) is 0 Å². The molecule has 9 heteroatoms. The van der Waals surface area contributed by atoms with Gasteiger partial charge >= 0.3 is 12.1 Å². The molecule has 1 unspecified atom stereocenters. The Morgan fingerprint density at radius 1 is 1.23 bits per heavy atom. The molecule has 2 aliphatic rings. The van der Waals surface area contributed by atoms with Crippen molar-refractivity contribution >= 4 is 23.0 Å². The topological polar surface area (TPSA) is 95.9 Å². The molecule has 35 heavy (non-hydrogen) atoms. The molecule has 1 amide bonds. The van der Waals surface area contributed by atoms with Crippen molar-refractivity contribution in [1.29, 1.82) is 0 Å². The Kier molecular flexibility index (Phi) is 5.70. The molecule has 0 bridgehead atoms. The molecule has 5 rings (SSSR count). The highest BCUT2D eigenvalue weighted by atomic mass is 19.1. The highest BCUT2D eigenvalue weighted by molar-refractivity contribution is 5.96. The van der Waals surface area contributed by atoms with Gasteiger partial charge in [-0.2, -0.15) is 0 Å². The van der Waals surface area contributed by atoms with Gasteiger partial charge < -0.3 is 24.1 Å². The Labute approximate surface area is 200 Å². The Morgan fingerprint density at radius 2 is 1.97 bits per heavy atom. The monoisotopic (exact) mass is 480 g/mol. The van der Waals surface area contributed by atoms with E-state index in [0.717, 1.165) is 11.6 Å². The van der Waals surface area contributed by atoms with E-state index in [1.165, 1.54) is 6.20 Å². The van der Waals surface area contributed by atoms with Gasteiger partial charge in [0, 0.05) is 6.20 Å². The van der Waals surface area contributed by atoms with Crippen molar-refractivity contribution < 1.29 is 28.2 Å². The van der Waals surface area contributed by atoms with Crippen LogP contribution in [0.3, 0.4) is 0 Å². The third-order valence-corrected chi connectivity index (χ3v) is 6.44. The van der Waals surface area contributed by atoms with Gasteiger partial charge in [0.05, 0.1) is 34.7 Å². The van der Waals surface area contributed by atoms with E-state index < -0.39 is 28.8 Å². The zero-order valence-electron chi connectivity index (χ0n) is 19.4. The van der Waals surface area contributed by atoms with Gasteiger partial charge in [-0.05, 0) is 38.3 Å². The van der Waals surface area contributed by atoms with Crippen molar-refractivity contribution in [3.05, 3.63) is 75.3 Å². The maximum atomic E-state index is 15.6. The van der Waals surface area contributed by atoms with Crippen molar-refractivity contribution in [2.24, 2.45) is 0 Å². The average Bonchev–Trinajstić information content (AvgIpc) is 3.61. The molecule has 3 aromatic rings. The predicted octanol–water partition coefficient (Wildman–Crippen LogP) is 4.19. The second kappa shape index (κ2) is 8.72. The van der Waals surface area contributed by atoms with Gasteiger partial charge in [0.15, 0.2) is 5.75 Å². The molecule has 2 aromatic carbocycles. The minimum atomic E-state index is -0.997. The lowest BCUT2D eigenvalue weighted by molar-refractivity contribution is 0.0523. The second-order valence-corrected chi connectivity index (χ2v) is 8.89. The van der Waals surface area contributed by atoms with Crippen LogP contribution in [-0.4, -0.2) is 29.8 Å². The van der Waals surface area contributed by atoms with Crippen molar-refractivity contribution in [1.82, 2.24) is 9.88 Å². The summed E-state index contributed by atoms with van der Waals surface area (Å²) in [6.07, 6.45) is 1.76. The second-order valence-electron chi connectivity index (χ2n) is 8.89. The summed E-state index contributed by atoms with van der Waals surface area (Å²) in [5, 5.41) is 2.84. The molecule has 1 atom stereocenters. The lowest BCUT2D eigenvalue weighted by Gasteiger charge is -2.31. The van der Waals surface area contributed by atoms with Crippen molar-refractivity contribution in [2.75, 3.05) is 13.2 Å². The van der Waals surface area contributed by atoms with E-state index in [9.17, 15) is 14.4 Å². The molecule has 1 saturated carbocycles. The molecular weight excluding hydrogens is 455 g/mol. The number of halogens is 1. The maximum absolute atomic E-state index is 15.6. The normalized spacial score (nSPS) is 17.4. The van der Waals surface area contributed by atoms with Gasteiger partial charge in [-0.3, -0.25) is 4.79 Å². The van der Waals surface area contributed by atoms with E-state index in [1.54, 1.807) is 11.5 Å². The molecular formula is C26H25FN2O6. The standard InChI is InChI=1S/C26H25FN2O6/c1-3-33-24(31)18-12-29-15(2)13-34-23-20(19(27)11-17(21(23)29)22(18)30)26(9-10-26)28-25(32)35-14-16-7-5-4-6-8-16/h4-8,11-12,15H,3,9-10,13-14H2,1-2H3,(H,28,32). The van der Waals surface area contributed by atoms with Gasteiger partial charge in [0.2, 0.25) is 5.43 Å². The molecule has 0 spiro atoms. The number of hydrogen-bond acceptors (Lipinski definition) is 6. The third kappa shape index (κ3) is 4.00. The third-order valence-electron chi connectivity index (χ3n) is 6.44. The average molecular weight is 480 g/mol. The fourth-order valence-electron chi connectivity index (χ4n) is 4.54. The molecule has 182 valence electrons. The summed E-state index contributed by atoms with van der Waals surface area (Å²) in [4.78, 5) is 38.1. The smallest absolute Gasteiger partial charge is 0.408 e. The Hall–Kier alpha value is -3.88. The molecule has 2 heterocycles. The van der Waals surface area contributed by atoms with Crippen LogP contribution in [0.4, 0.5) is 9.18 Å². The highest BCUT2D eigenvalue weighted by Gasteiger charge is 2.51. The molecule has 1 aliphatic heterocycles. The number of amides is 1. The number of carbonyl (C=O) groups is 2. The zero-order valence-corrected chi connectivity index (χ0v) is 19.4. The number of nitrogens with zero attached hydrogens (tertiary/aromatic N) is 1. The maximum Gasteiger partial charge on any atom is 0.408 e. The van der Waals surface area contributed by atoms with E-state index >= 15 is 4.39 Å². The molecule has 1 aliphatic carbocycles. The van der Waals surface area contributed by atoms with Crippen LogP contribution in [-0.2, 0) is 21.6 Å². The van der Waals surface area contributed by atoms with Crippen LogP contribution < -0.4 is 15.5 Å². The number of alkyl carbamates (subject to hydrolysis) is 1. The summed E-state index contributed by atoms with van der Waals surface area (Å²) in [5.74, 6) is -1.24. The van der Waals surface area contributed by atoms with Gasteiger partial charge in [-0.25, -0.2) is 14.0 Å². The van der Waals surface area contributed by atoms with E-state index in [-0.39, 0.29) is 48.1 Å². The predicted molar refractivity (Wildman–Crippen MR) is 125 cm³/mol. The first-order valence-electron chi connectivity index (χ1n) is 11.5. The van der Waals surface area contributed by atoms with Crippen molar-refractivity contribution in [3.63, 3.8) is 0 Å². The lowest BCUT2D eigenvalue weighted by Crippen LogP contribution is -2.37. The first-order valence-corrected chi connectivity index (χ1v) is 11.5. The number of benzene rings is 2.